The lowest BCUT2D eigenvalue weighted by Gasteiger charge is -2.09. The van der Waals surface area contributed by atoms with Gasteiger partial charge in [-0.3, -0.25) is 0 Å². The Morgan fingerprint density at radius 2 is 2.07 bits per heavy atom. The first kappa shape index (κ1) is 10.7. The van der Waals surface area contributed by atoms with Gasteiger partial charge in [0.1, 0.15) is 0 Å². The van der Waals surface area contributed by atoms with E-state index in [1.165, 1.54) is 26.4 Å². The second-order valence-electron chi connectivity index (χ2n) is 2.53. The van der Waals surface area contributed by atoms with Crippen LogP contribution in [0.4, 0.5) is 5.69 Å². The average molecular weight is 216 g/mol. The molecule has 0 aromatic heterocycles. The summed E-state index contributed by atoms with van der Waals surface area (Å²) >= 11 is 5.79. The predicted molar refractivity (Wildman–Crippen MR) is 53.8 cm³/mol. The maximum Gasteiger partial charge on any atom is 0.340 e. The molecule has 0 aliphatic carbocycles. The Morgan fingerprint density at radius 1 is 1.43 bits per heavy atom. The number of methoxy groups -OCH3 is 2. The van der Waals surface area contributed by atoms with Crippen LogP contribution in [-0.2, 0) is 4.74 Å². The van der Waals surface area contributed by atoms with Crippen molar-refractivity contribution in [3.63, 3.8) is 0 Å². The fraction of sp³-hybridized carbons (Fsp3) is 0.222. The Balaban J connectivity index is 3.28. The molecule has 5 heteroatoms. The quantitative estimate of drug-likeness (QED) is 0.603. The lowest BCUT2D eigenvalue weighted by Crippen LogP contribution is -2.07. The summed E-state index contributed by atoms with van der Waals surface area (Å²) in [5, 5.41) is 0.359. The maximum atomic E-state index is 11.2. The highest BCUT2D eigenvalue weighted by Crippen LogP contribution is 2.33. The minimum Gasteiger partial charge on any atom is -0.493 e. The topological polar surface area (TPSA) is 61.5 Å². The fourth-order valence-corrected chi connectivity index (χ4v) is 1.31. The maximum absolute atomic E-state index is 11.2. The van der Waals surface area contributed by atoms with Crippen LogP contribution in [0.25, 0.3) is 0 Å². The number of carbonyl (C=O) groups excluding carboxylic acids is 1. The molecule has 0 saturated carbocycles. The van der Waals surface area contributed by atoms with Gasteiger partial charge in [-0.25, -0.2) is 4.79 Å². The van der Waals surface area contributed by atoms with Crippen LogP contribution in [-0.4, -0.2) is 20.2 Å². The van der Waals surface area contributed by atoms with Crippen molar-refractivity contribution >= 4 is 23.3 Å². The molecule has 2 N–H and O–H groups in total. The Bertz CT molecular complexity index is 365. The van der Waals surface area contributed by atoms with Gasteiger partial charge in [-0.05, 0) is 12.1 Å². The molecule has 0 atom stereocenters. The molecule has 0 unspecified atom stereocenters. The summed E-state index contributed by atoms with van der Waals surface area (Å²) in [5.41, 5.74) is 6.09. The molecular weight excluding hydrogens is 206 g/mol. The summed E-state index contributed by atoms with van der Waals surface area (Å²) in [6.07, 6.45) is 0. The lowest BCUT2D eigenvalue weighted by atomic mass is 10.1. The smallest absolute Gasteiger partial charge is 0.340 e. The van der Waals surface area contributed by atoms with Crippen LogP contribution in [0.15, 0.2) is 12.1 Å². The minimum absolute atomic E-state index is 0.187. The molecule has 1 rings (SSSR count). The van der Waals surface area contributed by atoms with E-state index in [1.807, 2.05) is 0 Å². The summed E-state index contributed by atoms with van der Waals surface area (Å²) in [6.45, 7) is 0. The standard InChI is InChI=1S/C9H10ClNO3/c1-13-8-6(10)4-3-5(7(8)11)9(12)14-2/h3-4H,11H2,1-2H3. The van der Waals surface area contributed by atoms with Crippen LogP contribution in [0.1, 0.15) is 10.4 Å². The lowest BCUT2D eigenvalue weighted by molar-refractivity contribution is 0.0601. The molecular formula is C9H10ClNO3. The first-order chi connectivity index (χ1) is 6.61. The molecule has 0 aliphatic rings. The number of esters is 1. The molecule has 0 amide bonds. The third-order valence-corrected chi connectivity index (χ3v) is 2.06. The van der Waals surface area contributed by atoms with E-state index in [1.54, 1.807) is 0 Å². The minimum atomic E-state index is -0.516. The zero-order valence-electron chi connectivity index (χ0n) is 7.83. The summed E-state index contributed by atoms with van der Waals surface area (Å²) in [5.74, 6) is -0.230. The Morgan fingerprint density at radius 3 is 2.57 bits per heavy atom. The number of rotatable bonds is 2. The first-order valence-electron chi connectivity index (χ1n) is 3.82. The number of carbonyl (C=O) groups is 1. The molecule has 0 aliphatic heterocycles. The summed E-state index contributed by atoms with van der Waals surface area (Å²) in [7, 11) is 2.71. The van der Waals surface area contributed by atoms with Gasteiger partial charge in [-0.15, -0.1) is 0 Å². The van der Waals surface area contributed by atoms with Crippen molar-refractivity contribution in [2.24, 2.45) is 0 Å². The molecule has 76 valence electrons. The number of nitrogen functional groups attached to an aromatic ring is 1. The molecule has 0 bridgehead atoms. The first-order valence-corrected chi connectivity index (χ1v) is 4.20. The molecule has 0 saturated heterocycles. The van der Waals surface area contributed by atoms with Crippen molar-refractivity contribution in [2.45, 2.75) is 0 Å². The third-order valence-electron chi connectivity index (χ3n) is 1.76. The number of hydrogen-bond donors (Lipinski definition) is 1. The van der Waals surface area contributed by atoms with Gasteiger partial charge in [0.2, 0.25) is 0 Å². The molecule has 0 radical (unpaired) electrons. The van der Waals surface area contributed by atoms with Crippen molar-refractivity contribution in [1.82, 2.24) is 0 Å². The summed E-state index contributed by atoms with van der Waals surface area (Å²) in [6, 6.07) is 3.02. The second-order valence-corrected chi connectivity index (χ2v) is 2.94. The van der Waals surface area contributed by atoms with E-state index in [2.05, 4.69) is 4.74 Å². The van der Waals surface area contributed by atoms with E-state index in [-0.39, 0.29) is 17.0 Å². The summed E-state index contributed by atoms with van der Waals surface area (Å²) in [4.78, 5) is 11.2. The van der Waals surface area contributed by atoms with Crippen molar-refractivity contribution in [3.05, 3.63) is 22.7 Å². The van der Waals surface area contributed by atoms with E-state index in [4.69, 9.17) is 22.1 Å². The number of benzene rings is 1. The van der Waals surface area contributed by atoms with Crippen LogP contribution < -0.4 is 10.5 Å². The average Bonchev–Trinajstić information content (AvgIpc) is 2.18. The normalized spacial score (nSPS) is 9.64. The van der Waals surface area contributed by atoms with Gasteiger partial charge >= 0.3 is 5.97 Å². The zero-order chi connectivity index (χ0) is 10.7. The Labute approximate surface area is 86.6 Å². The zero-order valence-corrected chi connectivity index (χ0v) is 8.59. The van der Waals surface area contributed by atoms with E-state index in [0.717, 1.165) is 0 Å². The van der Waals surface area contributed by atoms with Gasteiger partial charge < -0.3 is 15.2 Å². The molecule has 14 heavy (non-hydrogen) atoms. The van der Waals surface area contributed by atoms with Gasteiger partial charge in [-0.1, -0.05) is 11.6 Å². The van der Waals surface area contributed by atoms with Gasteiger partial charge in [0.25, 0.3) is 0 Å². The van der Waals surface area contributed by atoms with Crippen molar-refractivity contribution in [2.75, 3.05) is 20.0 Å². The van der Waals surface area contributed by atoms with Crippen LogP contribution in [0.5, 0.6) is 5.75 Å². The van der Waals surface area contributed by atoms with Gasteiger partial charge in [0.05, 0.1) is 30.5 Å². The molecule has 0 fully saturated rings. The monoisotopic (exact) mass is 215 g/mol. The number of ether oxygens (including phenoxy) is 2. The van der Waals surface area contributed by atoms with Crippen molar-refractivity contribution in [3.8, 4) is 5.75 Å². The molecule has 0 spiro atoms. The molecule has 1 aromatic carbocycles. The highest BCUT2D eigenvalue weighted by atomic mass is 35.5. The molecule has 0 heterocycles. The molecule has 1 aromatic rings. The largest absolute Gasteiger partial charge is 0.493 e. The van der Waals surface area contributed by atoms with Crippen LogP contribution in [0, 0.1) is 0 Å². The van der Waals surface area contributed by atoms with Crippen LogP contribution in [0.2, 0.25) is 5.02 Å². The van der Waals surface area contributed by atoms with Crippen molar-refractivity contribution < 1.29 is 14.3 Å². The Hall–Kier alpha value is -1.42. The highest BCUT2D eigenvalue weighted by Gasteiger charge is 2.15. The van der Waals surface area contributed by atoms with Gasteiger partial charge in [0.15, 0.2) is 5.75 Å². The summed E-state index contributed by atoms with van der Waals surface area (Å²) < 4.78 is 9.49. The second kappa shape index (κ2) is 4.19. The predicted octanol–water partition coefficient (Wildman–Crippen LogP) is 1.72. The SMILES string of the molecule is COC(=O)c1ccc(Cl)c(OC)c1N. The van der Waals surface area contributed by atoms with E-state index in [9.17, 15) is 4.79 Å². The number of nitrogens with two attached hydrogens (primary N) is 1. The van der Waals surface area contributed by atoms with Gasteiger partial charge in [-0.2, -0.15) is 0 Å². The van der Waals surface area contributed by atoms with E-state index >= 15 is 0 Å². The van der Waals surface area contributed by atoms with E-state index < -0.39 is 5.97 Å². The van der Waals surface area contributed by atoms with Crippen LogP contribution >= 0.6 is 11.6 Å². The Kier molecular flexibility index (Phi) is 3.19. The highest BCUT2D eigenvalue weighted by molar-refractivity contribution is 6.32. The third kappa shape index (κ3) is 1.75. The number of halogens is 1. The molecule has 4 nitrogen and oxygen atoms in total. The van der Waals surface area contributed by atoms with E-state index in [0.29, 0.717) is 5.02 Å². The van der Waals surface area contributed by atoms with Gasteiger partial charge in [0, 0.05) is 0 Å². The fourth-order valence-electron chi connectivity index (χ4n) is 1.07. The van der Waals surface area contributed by atoms with Crippen LogP contribution in [0.3, 0.4) is 0 Å². The van der Waals surface area contributed by atoms with Crippen molar-refractivity contribution in [1.29, 1.82) is 0 Å². The number of anilines is 1. The number of hydrogen-bond acceptors (Lipinski definition) is 4.